The summed E-state index contributed by atoms with van der Waals surface area (Å²) < 4.78 is 0. The highest BCUT2D eigenvalue weighted by molar-refractivity contribution is 5.73. The molecule has 0 radical (unpaired) electrons. The third-order valence-electron chi connectivity index (χ3n) is 2.35. The van der Waals surface area contributed by atoms with Gasteiger partial charge in [0.1, 0.15) is 6.04 Å². The van der Waals surface area contributed by atoms with Gasteiger partial charge in [-0.15, -0.1) is 0 Å². The van der Waals surface area contributed by atoms with Crippen LogP contribution in [0.1, 0.15) is 51.9 Å². The molecule has 4 N–H and O–H groups in total. The van der Waals surface area contributed by atoms with Crippen LogP contribution in [0.25, 0.3) is 0 Å². The maximum Gasteiger partial charge on any atom is 0.322 e. The summed E-state index contributed by atoms with van der Waals surface area (Å²) in [6, 6.07) is -0.582. The molecule has 0 amide bonds. The normalized spacial score (nSPS) is 12.7. The molecule has 1 atom stereocenters. The van der Waals surface area contributed by atoms with Gasteiger partial charge in [0.25, 0.3) is 0 Å². The SMILES string of the molecule is CCCCCCCCC(NN)C(=O)O. The maximum absolute atomic E-state index is 10.6. The van der Waals surface area contributed by atoms with E-state index < -0.39 is 12.0 Å². The van der Waals surface area contributed by atoms with Crippen LogP contribution in [-0.2, 0) is 4.79 Å². The highest BCUT2D eigenvalue weighted by atomic mass is 16.4. The number of carboxylic acid groups (broad SMARTS) is 1. The molecule has 14 heavy (non-hydrogen) atoms. The molecular weight excluding hydrogens is 180 g/mol. The van der Waals surface area contributed by atoms with Crippen molar-refractivity contribution in [2.75, 3.05) is 0 Å². The van der Waals surface area contributed by atoms with Crippen molar-refractivity contribution in [2.24, 2.45) is 5.84 Å². The summed E-state index contributed by atoms with van der Waals surface area (Å²) in [7, 11) is 0. The second-order valence-corrected chi connectivity index (χ2v) is 3.61. The average Bonchev–Trinajstić information content (AvgIpc) is 2.16. The molecule has 0 aromatic rings. The minimum atomic E-state index is -0.860. The third-order valence-corrected chi connectivity index (χ3v) is 2.35. The van der Waals surface area contributed by atoms with Gasteiger partial charge >= 0.3 is 5.97 Å². The molecule has 0 aromatic carbocycles. The van der Waals surface area contributed by atoms with Gasteiger partial charge in [-0.2, -0.15) is 0 Å². The van der Waals surface area contributed by atoms with Crippen molar-refractivity contribution in [3.05, 3.63) is 0 Å². The van der Waals surface area contributed by atoms with Gasteiger partial charge < -0.3 is 5.11 Å². The van der Waals surface area contributed by atoms with E-state index in [1.807, 2.05) is 0 Å². The second kappa shape index (κ2) is 8.97. The van der Waals surface area contributed by atoms with E-state index in [-0.39, 0.29) is 0 Å². The Hall–Kier alpha value is -0.610. The van der Waals surface area contributed by atoms with E-state index in [4.69, 9.17) is 10.9 Å². The Labute approximate surface area is 85.8 Å². The van der Waals surface area contributed by atoms with E-state index >= 15 is 0 Å². The van der Waals surface area contributed by atoms with Crippen LogP contribution in [-0.4, -0.2) is 17.1 Å². The van der Waals surface area contributed by atoms with Crippen LogP contribution in [0.4, 0.5) is 0 Å². The van der Waals surface area contributed by atoms with Gasteiger partial charge in [0.05, 0.1) is 0 Å². The minimum Gasteiger partial charge on any atom is -0.480 e. The van der Waals surface area contributed by atoms with Crippen molar-refractivity contribution in [1.82, 2.24) is 5.43 Å². The van der Waals surface area contributed by atoms with Crippen molar-refractivity contribution >= 4 is 5.97 Å². The smallest absolute Gasteiger partial charge is 0.322 e. The molecule has 1 unspecified atom stereocenters. The van der Waals surface area contributed by atoms with Crippen LogP contribution in [0.15, 0.2) is 0 Å². The maximum atomic E-state index is 10.6. The minimum absolute atomic E-state index is 0.582. The first-order valence-corrected chi connectivity index (χ1v) is 5.41. The molecule has 0 bridgehead atoms. The molecule has 4 nitrogen and oxygen atoms in total. The Morgan fingerprint density at radius 1 is 1.29 bits per heavy atom. The van der Waals surface area contributed by atoms with Crippen LogP contribution in [0, 0.1) is 0 Å². The molecule has 0 saturated heterocycles. The summed E-state index contributed by atoms with van der Waals surface area (Å²) in [6.07, 6.45) is 7.63. The van der Waals surface area contributed by atoms with Crippen LogP contribution in [0.3, 0.4) is 0 Å². The summed E-state index contributed by atoms with van der Waals surface area (Å²) in [5.41, 5.74) is 2.30. The zero-order chi connectivity index (χ0) is 10.8. The largest absolute Gasteiger partial charge is 0.480 e. The summed E-state index contributed by atoms with van der Waals surface area (Å²) in [6.45, 7) is 2.18. The number of carboxylic acids is 1. The highest BCUT2D eigenvalue weighted by Crippen LogP contribution is 2.08. The van der Waals surface area contributed by atoms with Crippen molar-refractivity contribution in [1.29, 1.82) is 0 Å². The van der Waals surface area contributed by atoms with Crippen molar-refractivity contribution < 1.29 is 9.90 Å². The lowest BCUT2D eigenvalue weighted by Gasteiger charge is -2.09. The van der Waals surface area contributed by atoms with Gasteiger partial charge in [-0.05, 0) is 6.42 Å². The fourth-order valence-corrected chi connectivity index (χ4v) is 1.41. The quantitative estimate of drug-likeness (QED) is 0.302. The molecule has 4 heteroatoms. The molecule has 0 fully saturated rings. The van der Waals surface area contributed by atoms with Gasteiger partial charge in [-0.25, -0.2) is 5.43 Å². The van der Waals surface area contributed by atoms with Crippen molar-refractivity contribution in [3.63, 3.8) is 0 Å². The van der Waals surface area contributed by atoms with Gasteiger partial charge in [-0.1, -0.05) is 45.4 Å². The van der Waals surface area contributed by atoms with Gasteiger partial charge in [0, 0.05) is 0 Å². The number of hydrazine groups is 1. The summed E-state index contributed by atoms with van der Waals surface area (Å²) >= 11 is 0. The van der Waals surface area contributed by atoms with Crippen molar-refractivity contribution in [3.8, 4) is 0 Å². The molecular formula is C10H22N2O2. The van der Waals surface area contributed by atoms with Crippen LogP contribution >= 0.6 is 0 Å². The number of rotatable bonds is 9. The van der Waals surface area contributed by atoms with Gasteiger partial charge in [-0.3, -0.25) is 10.6 Å². The van der Waals surface area contributed by atoms with E-state index in [1.165, 1.54) is 25.7 Å². The molecule has 84 valence electrons. The van der Waals surface area contributed by atoms with Crippen molar-refractivity contribution in [2.45, 2.75) is 57.9 Å². The fraction of sp³-hybridized carbons (Fsp3) is 0.900. The molecule has 0 aliphatic heterocycles. The Bertz CT molecular complexity index is 151. The standard InChI is InChI=1S/C10H22N2O2/c1-2-3-4-5-6-7-8-9(12-11)10(13)14/h9,12H,2-8,11H2,1H3,(H,13,14). The molecule has 0 spiro atoms. The number of carbonyl (C=O) groups is 1. The highest BCUT2D eigenvalue weighted by Gasteiger charge is 2.13. The number of hydrogen-bond acceptors (Lipinski definition) is 3. The first-order valence-electron chi connectivity index (χ1n) is 5.41. The zero-order valence-electron chi connectivity index (χ0n) is 8.96. The van der Waals surface area contributed by atoms with Gasteiger partial charge in [0.15, 0.2) is 0 Å². The number of nitrogens with one attached hydrogen (secondary N) is 1. The summed E-state index contributed by atoms with van der Waals surface area (Å²) in [5.74, 6) is 4.25. The molecule has 0 rings (SSSR count). The van der Waals surface area contributed by atoms with Crippen LogP contribution in [0.5, 0.6) is 0 Å². The molecule has 0 aromatic heterocycles. The topological polar surface area (TPSA) is 75.3 Å². The first-order chi connectivity index (χ1) is 6.72. The second-order valence-electron chi connectivity index (χ2n) is 3.61. The number of hydrogen-bond donors (Lipinski definition) is 3. The fourth-order valence-electron chi connectivity index (χ4n) is 1.41. The predicted molar refractivity (Wildman–Crippen MR) is 56.7 cm³/mol. The molecule has 0 aliphatic carbocycles. The van der Waals surface area contributed by atoms with E-state index in [1.54, 1.807) is 0 Å². The lowest BCUT2D eigenvalue weighted by atomic mass is 10.1. The van der Waals surface area contributed by atoms with Crippen LogP contribution in [0.2, 0.25) is 0 Å². The average molecular weight is 202 g/mol. The number of nitrogens with two attached hydrogens (primary N) is 1. The third kappa shape index (κ3) is 6.86. The number of aliphatic carboxylic acids is 1. The first kappa shape index (κ1) is 13.4. The number of unbranched alkanes of at least 4 members (excludes halogenated alkanes) is 5. The summed E-state index contributed by atoms with van der Waals surface area (Å²) in [4.78, 5) is 10.6. The zero-order valence-corrected chi connectivity index (χ0v) is 8.96. The van der Waals surface area contributed by atoms with Gasteiger partial charge in [0.2, 0.25) is 0 Å². The Kier molecular flexibility index (Phi) is 8.57. The van der Waals surface area contributed by atoms with E-state index in [0.717, 1.165) is 12.8 Å². The molecule has 0 heterocycles. The molecule has 0 saturated carbocycles. The molecule has 0 aliphatic rings. The van der Waals surface area contributed by atoms with E-state index in [0.29, 0.717) is 6.42 Å². The Balaban J connectivity index is 3.29. The van der Waals surface area contributed by atoms with E-state index in [2.05, 4.69) is 12.3 Å². The van der Waals surface area contributed by atoms with Crippen LogP contribution < -0.4 is 11.3 Å². The lowest BCUT2D eigenvalue weighted by molar-refractivity contribution is -0.139. The lowest BCUT2D eigenvalue weighted by Crippen LogP contribution is -2.41. The Morgan fingerprint density at radius 2 is 1.86 bits per heavy atom. The summed E-state index contributed by atoms with van der Waals surface area (Å²) in [5, 5.41) is 8.67. The predicted octanol–water partition coefficient (Wildman–Crippen LogP) is 1.65. The monoisotopic (exact) mass is 202 g/mol. The van der Waals surface area contributed by atoms with E-state index in [9.17, 15) is 4.79 Å². The Morgan fingerprint density at radius 3 is 2.36 bits per heavy atom.